The van der Waals surface area contributed by atoms with E-state index in [0.29, 0.717) is 29.8 Å². The van der Waals surface area contributed by atoms with E-state index in [-0.39, 0.29) is 11.3 Å². The maximum atomic E-state index is 12.0. The van der Waals surface area contributed by atoms with Crippen molar-refractivity contribution < 1.29 is 4.79 Å². The monoisotopic (exact) mass is 328 g/mol. The van der Waals surface area contributed by atoms with Gasteiger partial charge in [-0.3, -0.25) is 4.79 Å². The van der Waals surface area contributed by atoms with E-state index < -0.39 is 0 Å². The maximum absolute atomic E-state index is 12.0. The van der Waals surface area contributed by atoms with E-state index in [4.69, 9.17) is 7.85 Å². The van der Waals surface area contributed by atoms with Crippen LogP contribution < -0.4 is 16.1 Å². The number of amides is 1. The predicted molar refractivity (Wildman–Crippen MR) is 105 cm³/mol. The van der Waals surface area contributed by atoms with Gasteiger partial charge in [-0.2, -0.15) is 0 Å². The number of hydrogen-bond donors (Lipinski definition) is 2. The van der Waals surface area contributed by atoms with Crippen molar-refractivity contribution in [1.82, 2.24) is 5.32 Å². The van der Waals surface area contributed by atoms with Crippen molar-refractivity contribution in [2.24, 2.45) is 16.7 Å². The molecule has 1 rings (SSSR count). The molecule has 1 aromatic carbocycles. The van der Waals surface area contributed by atoms with Crippen molar-refractivity contribution in [3.05, 3.63) is 24.3 Å². The lowest BCUT2D eigenvalue weighted by Crippen LogP contribution is -2.35. The fraction of sp³-hybridized carbons (Fsp3) is 0.650. The molecule has 24 heavy (non-hydrogen) atoms. The smallest absolute Gasteiger partial charge is 0.225 e. The second-order valence-corrected chi connectivity index (χ2v) is 8.96. The molecule has 1 aromatic rings. The van der Waals surface area contributed by atoms with Crippen LogP contribution in [0.3, 0.4) is 0 Å². The second kappa shape index (κ2) is 8.71. The van der Waals surface area contributed by atoms with E-state index in [1.165, 1.54) is 6.42 Å². The molecule has 3 nitrogen and oxygen atoms in total. The summed E-state index contributed by atoms with van der Waals surface area (Å²) >= 11 is 0. The van der Waals surface area contributed by atoms with Crippen molar-refractivity contribution in [3.8, 4) is 0 Å². The summed E-state index contributed by atoms with van der Waals surface area (Å²) in [7, 11) is 5.72. The van der Waals surface area contributed by atoms with Crippen LogP contribution in [-0.2, 0) is 4.79 Å². The van der Waals surface area contributed by atoms with Crippen LogP contribution in [0.2, 0.25) is 0 Å². The summed E-state index contributed by atoms with van der Waals surface area (Å²) in [5.41, 5.74) is 1.97. The van der Waals surface area contributed by atoms with Gasteiger partial charge in [0.1, 0.15) is 7.85 Å². The first-order valence-corrected chi connectivity index (χ1v) is 8.83. The summed E-state index contributed by atoms with van der Waals surface area (Å²) < 4.78 is 0. The lowest BCUT2D eigenvalue weighted by molar-refractivity contribution is -0.116. The topological polar surface area (TPSA) is 41.1 Å². The predicted octanol–water partition coefficient (Wildman–Crippen LogP) is 3.50. The van der Waals surface area contributed by atoms with Crippen molar-refractivity contribution in [2.45, 2.75) is 54.4 Å². The molecule has 1 amide bonds. The van der Waals surface area contributed by atoms with Crippen molar-refractivity contribution in [2.75, 3.05) is 18.4 Å². The number of rotatable bonds is 7. The van der Waals surface area contributed by atoms with E-state index in [0.717, 1.165) is 12.2 Å². The molecule has 0 fully saturated rings. The molecular formula is C20H33BN2O. The van der Waals surface area contributed by atoms with Crippen LogP contribution in [0.5, 0.6) is 0 Å². The van der Waals surface area contributed by atoms with Gasteiger partial charge in [0, 0.05) is 18.7 Å². The molecule has 0 aliphatic heterocycles. The molecule has 0 aliphatic rings. The largest absolute Gasteiger partial charge is 0.326 e. The van der Waals surface area contributed by atoms with Gasteiger partial charge in [-0.25, -0.2) is 0 Å². The Morgan fingerprint density at radius 2 is 1.83 bits per heavy atom. The van der Waals surface area contributed by atoms with Gasteiger partial charge in [-0.15, -0.1) is 0 Å². The molecule has 0 saturated heterocycles. The first-order valence-electron chi connectivity index (χ1n) is 8.83. The highest BCUT2D eigenvalue weighted by Gasteiger charge is 2.28. The van der Waals surface area contributed by atoms with Gasteiger partial charge in [0.05, 0.1) is 0 Å². The lowest BCUT2D eigenvalue weighted by Gasteiger charge is -2.36. The van der Waals surface area contributed by atoms with Gasteiger partial charge in [-0.1, -0.05) is 59.1 Å². The fourth-order valence-electron chi connectivity index (χ4n) is 2.74. The SMILES string of the molecule is [B]c1cccc(NC(=O)CCNCC(CC(C)(C)C)C(C)(C)C)c1. The number of carbonyl (C=O) groups is 1. The van der Waals surface area contributed by atoms with Crippen molar-refractivity contribution >= 4 is 24.9 Å². The minimum absolute atomic E-state index is 0.0104. The summed E-state index contributed by atoms with van der Waals surface area (Å²) in [6.45, 7) is 15.3. The Kier molecular flexibility index (Phi) is 7.53. The molecule has 1 atom stereocenters. The second-order valence-electron chi connectivity index (χ2n) is 8.96. The third-order valence-electron chi connectivity index (χ3n) is 4.17. The van der Waals surface area contributed by atoms with Crippen LogP contribution in [0.1, 0.15) is 54.4 Å². The Bertz CT molecular complexity index is 529. The lowest BCUT2D eigenvalue weighted by atomic mass is 9.72. The zero-order chi connectivity index (χ0) is 18.4. The maximum Gasteiger partial charge on any atom is 0.225 e. The number of benzene rings is 1. The van der Waals surface area contributed by atoms with Crippen molar-refractivity contribution in [3.63, 3.8) is 0 Å². The summed E-state index contributed by atoms with van der Waals surface area (Å²) in [6.07, 6.45) is 1.63. The molecule has 0 saturated carbocycles. The molecular weight excluding hydrogens is 295 g/mol. The van der Waals surface area contributed by atoms with E-state index in [1.54, 1.807) is 12.1 Å². The average molecular weight is 328 g/mol. The Morgan fingerprint density at radius 3 is 2.38 bits per heavy atom. The van der Waals surface area contributed by atoms with Gasteiger partial charge in [-0.05, 0) is 41.8 Å². The number of carbonyl (C=O) groups excluding carboxylic acids is 1. The van der Waals surface area contributed by atoms with E-state index in [1.807, 2.05) is 12.1 Å². The molecule has 0 bridgehead atoms. The van der Waals surface area contributed by atoms with E-state index in [2.05, 4.69) is 52.2 Å². The minimum atomic E-state index is 0.0104. The van der Waals surface area contributed by atoms with E-state index >= 15 is 0 Å². The van der Waals surface area contributed by atoms with Crippen LogP contribution in [-0.4, -0.2) is 26.8 Å². The third-order valence-corrected chi connectivity index (χ3v) is 4.17. The molecule has 2 radical (unpaired) electrons. The van der Waals surface area contributed by atoms with E-state index in [9.17, 15) is 4.79 Å². The molecule has 1 unspecified atom stereocenters. The van der Waals surface area contributed by atoms with Gasteiger partial charge >= 0.3 is 0 Å². The van der Waals surface area contributed by atoms with Gasteiger partial charge < -0.3 is 10.6 Å². The third kappa shape index (κ3) is 8.53. The normalized spacial score (nSPS) is 13.6. The zero-order valence-corrected chi connectivity index (χ0v) is 16.2. The minimum Gasteiger partial charge on any atom is -0.326 e. The van der Waals surface area contributed by atoms with Crippen LogP contribution in [0.4, 0.5) is 5.69 Å². The highest BCUT2D eigenvalue weighted by atomic mass is 16.1. The number of anilines is 1. The first-order chi connectivity index (χ1) is 11.0. The molecule has 2 N–H and O–H groups in total. The van der Waals surface area contributed by atoms with Gasteiger partial charge in [0.25, 0.3) is 0 Å². The quantitative estimate of drug-likeness (QED) is 0.594. The summed E-state index contributed by atoms with van der Waals surface area (Å²) in [6, 6.07) is 7.26. The molecule has 0 aromatic heterocycles. The Labute approximate surface area is 149 Å². The molecule has 0 spiro atoms. The van der Waals surface area contributed by atoms with Crippen LogP contribution in [0.25, 0.3) is 0 Å². The molecule has 0 aliphatic carbocycles. The number of hydrogen-bond acceptors (Lipinski definition) is 2. The Hall–Kier alpha value is -1.29. The standard InChI is InChI=1S/C20H33BN2O/c1-19(2,3)13-15(20(4,5)6)14-22-11-10-18(24)23-17-9-7-8-16(21)12-17/h7-9,12,15,22H,10-11,13-14H2,1-6H3,(H,23,24). The Balaban J connectivity index is 2.38. The zero-order valence-electron chi connectivity index (χ0n) is 16.2. The Morgan fingerprint density at radius 1 is 1.17 bits per heavy atom. The summed E-state index contributed by atoms with van der Waals surface area (Å²) in [5, 5.41) is 6.34. The summed E-state index contributed by atoms with van der Waals surface area (Å²) in [4.78, 5) is 12.0. The van der Waals surface area contributed by atoms with Crippen LogP contribution in [0.15, 0.2) is 24.3 Å². The highest BCUT2D eigenvalue weighted by molar-refractivity contribution is 6.32. The molecule has 132 valence electrons. The number of nitrogens with one attached hydrogen (secondary N) is 2. The molecule has 4 heteroatoms. The van der Waals surface area contributed by atoms with Gasteiger partial charge in [0.2, 0.25) is 5.91 Å². The molecule has 0 heterocycles. The van der Waals surface area contributed by atoms with Crippen LogP contribution in [0, 0.1) is 16.7 Å². The highest BCUT2D eigenvalue weighted by Crippen LogP contribution is 2.35. The van der Waals surface area contributed by atoms with Crippen molar-refractivity contribution in [1.29, 1.82) is 0 Å². The van der Waals surface area contributed by atoms with Gasteiger partial charge in [0.15, 0.2) is 0 Å². The summed E-state index contributed by atoms with van der Waals surface area (Å²) in [5.74, 6) is 0.589. The first kappa shape index (κ1) is 20.8. The average Bonchev–Trinajstić information content (AvgIpc) is 2.39. The van der Waals surface area contributed by atoms with Crippen LogP contribution >= 0.6 is 0 Å². The fourth-order valence-corrected chi connectivity index (χ4v) is 2.74.